The third kappa shape index (κ3) is 5.84. The summed E-state index contributed by atoms with van der Waals surface area (Å²) >= 11 is 0. The van der Waals surface area contributed by atoms with Gasteiger partial charge in [-0.05, 0) is 49.4 Å². The van der Waals surface area contributed by atoms with Crippen LogP contribution in [0.4, 0.5) is 0 Å². The molecule has 1 aromatic heterocycles. The number of rotatable bonds is 3. The Morgan fingerprint density at radius 1 is 1.21 bits per heavy atom. The number of sulfonamides is 1. The van der Waals surface area contributed by atoms with E-state index < -0.39 is 27.7 Å². The fourth-order valence-electron chi connectivity index (χ4n) is 5.78. The van der Waals surface area contributed by atoms with Gasteiger partial charge in [-0.15, -0.1) is 0 Å². The molecule has 0 saturated carbocycles. The summed E-state index contributed by atoms with van der Waals surface area (Å²) < 4.78 is 36.7. The van der Waals surface area contributed by atoms with Gasteiger partial charge in [0.2, 0.25) is 15.9 Å². The van der Waals surface area contributed by atoms with E-state index in [2.05, 4.69) is 41.1 Å². The van der Waals surface area contributed by atoms with Gasteiger partial charge in [-0.2, -0.15) is 9.40 Å². The third-order valence-corrected chi connectivity index (χ3v) is 10.2. The van der Waals surface area contributed by atoms with Crippen LogP contribution < -0.4 is 10.1 Å². The van der Waals surface area contributed by atoms with Crippen LogP contribution in [0.5, 0.6) is 5.75 Å². The smallest absolute Gasteiger partial charge is 0.247 e. The van der Waals surface area contributed by atoms with Crippen LogP contribution in [0.1, 0.15) is 52.9 Å². The summed E-state index contributed by atoms with van der Waals surface area (Å²) in [6.45, 7) is 9.52. The van der Waals surface area contributed by atoms with Crippen molar-refractivity contribution < 1.29 is 23.1 Å². The van der Waals surface area contributed by atoms with Gasteiger partial charge in [-0.3, -0.25) is 4.79 Å². The molecule has 1 amide bonds. The van der Waals surface area contributed by atoms with Crippen molar-refractivity contribution in [3.8, 4) is 17.1 Å². The molecule has 2 saturated heterocycles. The first-order valence-electron chi connectivity index (χ1n) is 13.7. The monoisotopic (exact) mass is 560 g/mol. The van der Waals surface area contributed by atoms with Gasteiger partial charge in [0.15, 0.2) is 5.82 Å². The highest BCUT2D eigenvalue weighted by molar-refractivity contribution is 7.89. The molecule has 0 unspecified atom stereocenters. The molecule has 214 valence electrons. The number of aliphatic hydroxyl groups excluding tert-OH is 1. The zero-order valence-corrected chi connectivity index (χ0v) is 24.1. The average Bonchev–Trinajstić information content (AvgIpc) is 3.48. The van der Waals surface area contributed by atoms with Gasteiger partial charge in [-0.25, -0.2) is 18.1 Å². The van der Waals surface area contributed by atoms with Gasteiger partial charge in [0.1, 0.15) is 23.0 Å². The van der Waals surface area contributed by atoms with E-state index in [9.17, 15) is 18.3 Å². The topological polar surface area (TPSA) is 130 Å². The number of fused-ring (bicyclic) bond motifs is 2. The molecule has 3 aliphatic rings. The first-order valence-corrected chi connectivity index (χ1v) is 15.2. The summed E-state index contributed by atoms with van der Waals surface area (Å²) in [6.07, 6.45) is 3.72. The first-order chi connectivity index (χ1) is 18.4. The number of ether oxygens (including phenoxy) is 1. The Balaban J connectivity index is 1.46. The van der Waals surface area contributed by atoms with Crippen LogP contribution in [0.2, 0.25) is 0 Å². The highest BCUT2D eigenvalue weighted by atomic mass is 32.2. The molecule has 11 nitrogen and oxygen atoms in total. The number of hydrogen-bond acceptors (Lipinski definition) is 8. The Kier molecular flexibility index (Phi) is 7.51. The maximum Gasteiger partial charge on any atom is 0.247 e. The quantitative estimate of drug-likeness (QED) is 0.581. The minimum Gasteiger partial charge on any atom is -0.492 e. The molecule has 3 aliphatic heterocycles. The number of aryl methyl sites for hydroxylation is 1. The summed E-state index contributed by atoms with van der Waals surface area (Å²) in [7, 11) is -2.37. The highest BCUT2D eigenvalue weighted by Gasteiger charge is 2.47. The zero-order chi connectivity index (χ0) is 28.0. The van der Waals surface area contributed by atoms with Crippen LogP contribution in [0, 0.1) is 5.41 Å². The maximum absolute atomic E-state index is 13.9. The number of amides is 1. The van der Waals surface area contributed by atoms with Crippen LogP contribution in [0.3, 0.4) is 0 Å². The first kappa shape index (κ1) is 28.0. The fourth-order valence-corrected chi connectivity index (χ4v) is 7.53. The van der Waals surface area contributed by atoms with Gasteiger partial charge >= 0.3 is 0 Å². The molecule has 2 atom stereocenters. The van der Waals surface area contributed by atoms with E-state index in [1.54, 1.807) is 23.9 Å². The van der Waals surface area contributed by atoms with Gasteiger partial charge in [0.05, 0.1) is 12.7 Å². The Morgan fingerprint density at radius 3 is 2.62 bits per heavy atom. The van der Waals surface area contributed by atoms with Crippen molar-refractivity contribution in [3.05, 3.63) is 24.5 Å². The second-order valence-corrected chi connectivity index (χ2v) is 14.2. The van der Waals surface area contributed by atoms with Crippen molar-refractivity contribution in [1.29, 1.82) is 0 Å². The molecule has 1 aromatic carbocycles. The lowest BCUT2D eigenvalue weighted by atomic mass is 9.83. The second-order valence-electron chi connectivity index (χ2n) is 12.4. The van der Waals surface area contributed by atoms with Crippen molar-refractivity contribution in [1.82, 2.24) is 29.3 Å². The normalized spacial score (nSPS) is 25.8. The van der Waals surface area contributed by atoms with Crippen molar-refractivity contribution in [2.75, 3.05) is 32.8 Å². The lowest BCUT2D eigenvalue weighted by molar-refractivity contribution is -0.127. The Bertz CT molecular complexity index is 1310. The van der Waals surface area contributed by atoms with E-state index >= 15 is 0 Å². The molecule has 2 aromatic rings. The Labute approximate surface area is 230 Å². The van der Waals surface area contributed by atoms with Crippen molar-refractivity contribution in [2.24, 2.45) is 12.5 Å². The molecular formula is C27H40N6O5S. The van der Waals surface area contributed by atoms with E-state index in [1.807, 2.05) is 0 Å². The molecule has 4 heterocycles. The average molecular weight is 561 g/mol. The van der Waals surface area contributed by atoms with E-state index in [0.29, 0.717) is 17.8 Å². The molecular weight excluding hydrogens is 520 g/mol. The summed E-state index contributed by atoms with van der Waals surface area (Å²) in [5, 5.41) is 17.8. The molecule has 2 fully saturated rings. The molecule has 0 radical (unpaired) electrons. The predicted molar refractivity (Wildman–Crippen MR) is 145 cm³/mol. The van der Waals surface area contributed by atoms with Crippen LogP contribution >= 0.6 is 0 Å². The number of benzene rings is 1. The van der Waals surface area contributed by atoms with Crippen LogP contribution in [-0.4, -0.2) is 93.9 Å². The number of carbonyl (C=O) groups is 1. The van der Waals surface area contributed by atoms with E-state index in [4.69, 9.17) is 4.74 Å². The summed E-state index contributed by atoms with van der Waals surface area (Å²) in [5.41, 5.74) is 0.415. The number of aliphatic hydroxyl groups is 1. The van der Waals surface area contributed by atoms with Gasteiger partial charge < -0.3 is 20.1 Å². The van der Waals surface area contributed by atoms with E-state index in [0.717, 1.165) is 43.2 Å². The number of nitrogens with one attached hydrogen (secondary N) is 1. The van der Waals surface area contributed by atoms with Gasteiger partial charge in [-0.1, -0.05) is 20.8 Å². The molecule has 5 rings (SSSR count). The molecule has 1 spiro atoms. The van der Waals surface area contributed by atoms with Gasteiger partial charge in [0, 0.05) is 50.6 Å². The van der Waals surface area contributed by atoms with Crippen LogP contribution in [-0.2, 0) is 21.9 Å². The number of aromatic nitrogens is 3. The van der Waals surface area contributed by atoms with Crippen molar-refractivity contribution in [2.45, 2.75) is 75.5 Å². The maximum atomic E-state index is 13.9. The molecule has 0 bridgehead atoms. The van der Waals surface area contributed by atoms with E-state index in [-0.39, 0.29) is 41.5 Å². The molecule has 2 N–H and O–H groups in total. The lowest BCUT2D eigenvalue weighted by Crippen LogP contribution is -2.59. The minimum absolute atomic E-state index is 0.0201. The zero-order valence-electron chi connectivity index (χ0n) is 23.3. The van der Waals surface area contributed by atoms with Crippen LogP contribution in [0.15, 0.2) is 29.4 Å². The Morgan fingerprint density at radius 2 is 1.95 bits per heavy atom. The minimum atomic E-state index is -4.13. The SMILES string of the molecule is Cn1ncnc1-c1ccc2c(c1)OCCC1(CCN(CCC(C)(C)C)CC1)NC(=O)[C@@H]1C[C@@H](O)CN1S2(=O)=O. The number of piperidine rings is 1. The predicted octanol–water partition coefficient (Wildman–Crippen LogP) is 1.78. The van der Waals surface area contributed by atoms with Crippen molar-refractivity contribution in [3.63, 3.8) is 0 Å². The summed E-state index contributed by atoms with van der Waals surface area (Å²) in [4.78, 5) is 20.3. The number of likely N-dealkylation sites (tertiary alicyclic amines) is 1. The lowest BCUT2D eigenvalue weighted by Gasteiger charge is -2.43. The number of carbonyl (C=O) groups excluding carboxylic acids is 1. The highest BCUT2D eigenvalue weighted by Crippen LogP contribution is 2.37. The fraction of sp³-hybridized carbons (Fsp3) is 0.667. The molecule has 0 aliphatic carbocycles. The number of nitrogens with zero attached hydrogens (tertiary/aromatic N) is 5. The standard InChI is InChI=1S/C27H40N6O5S/c1-26(2,3)7-11-32-12-8-27(9-13-32)10-14-38-22-15-19(24-28-18-29-31(24)4)5-6-23(22)39(36,37)33-17-20(34)16-21(33)25(35)30-27/h5-6,15,18,20-21,34H,7-14,16-17H2,1-4H3,(H,30,35)/t20-,21+/m1/s1. The van der Waals surface area contributed by atoms with Gasteiger partial charge in [0.25, 0.3) is 0 Å². The second kappa shape index (κ2) is 10.5. The molecule has 39 heavy (non-hydrogen) atoms. The van der Waals surface area contributed by atoms with E-state index in [1.165, 1.54) is 12.4 Å². The Hall–Kier alpha value is -2.54. The third-order valence-electron chi connectivity index (χ3n) is 8.25. The number of hydrogen-bond donors (Lipinski definition) is 2. The largest absolute Gasteiger partial charge is 0.492 e. The summed E-state index contributed by atoms with van der Waals surface area (Å²) in [6, 6.07) is 3.85. The van der Waals surface area contributed by atoms with Crippen LogP contribution in [0.25, 0.3) is 11.4 Å². The van der Waals surface area contributed by atoms with Crippen molar-refractivity contribution >= 4 is 15.9 Å². The molecule has 12 heteroatoms. The summed E-state index contributed by atoms with van der Waals surface area (Å²) in [5.74, 6) is 0.443.